The summed E-state index contributed by atoms with van der Waals surface area (Å²) in [7, 11) is 1.57. The SMILES string of the molecule is COCCC(N)C(=O)OCCOCC(C)C. The minimum Gasteiger partial charge on any atom is -0.462 e. The van der Waals surface area contributed by atoms with E-state index in [-0.39, 0.29) is 6.61 Å². The molecule has 0 aliphatic carbocycles. The molecule has 5 heteroatoms. The number of methoxy groups -OCH3 is 1. The van der Waals surface area contributed by atoms with E-state index in [1.54, 1.807) is 7.11 Å². The molecule has 0 fully saturated rings. The van der Waals surface area contributed by atoms with Crippen LogP contribution >= 0.6 is 0 Å². The molecule has 0 bridgehead atoms. The molecule has 0 amide bonds. The van der Waals surface area contributed by atoms with Crippen molar-refractivity contribution in [2.24, 2.45) is 11.7 Å². The first-order valence-corrected chi connectivity index (χ1v) is 5.56. The molecule has 0 aromatic rings. The molecule has 96 valence electrons. The van der Waals surface area contributed by atoms with Crippen molar-refractivity contribution in [3.8, 4) is 0 Å². The first kappa shape index (κ1) is 15.3. The molecule has 0 heterocycles. The lowest BCUT2D eigenvalue weighted by Crippen LogP contribution is -2.34. The zero-order chi connectivity index (χ0) is 12.4. The highest BCUT2D eigenvalue weighted by Gasteiger charge is 2.14. The predicted octanol–water partition coefficient (Wildman–Crippen LogP) is 0.566. The molecule has 2 N–H and O–H groups in total. The molecule has 0 spiro atoms. The standard InChI is InChI=1S/C11H23NO4/c1-9(2)8-15-6-7-16-11(13)10(12)4-5-14-3/h9-10H,4-8,12H2,1-3H3. The summed E-state index contributed by atoms with van der Waals surface area (Å²) in [6.07, 6.45) is 0.474. The smallest absolute Gasteiger partial charge is 0.323 e. The molecule has 0 rings (SSSR count). The van der Waals surface area contributed by atoms with Gasteiger partial charge in [-0.2, -0.15) is 0 Å². The Kier molecular flexibility index (Phi) is 9.18. The summed E-state index contributed by atoms with van der Waals surface area (Å²) in [5.74, 6) is 0.0878. The summed E-state index contributed by atoms with van der Waals surface area (Å²) >= 11 is 0. The Balaban J connectivity index is 3.42. The van der Waals surface area contributed by atoms with Crippen LogP contribution in [0.2, 0.25) is 0 Å². The zero-order valence-electron chi connectivity index (χ0n) is 10.4. The Labute approximate surface area is 97.2 Å². The maximum Gasteiger partial charge on any atom is 0.323 e. The fourth-order valence-corrected chi connectivity index (χ4v) is 0.990. The largest absolute Gasteiger partial charge is 0.462 e. The molecule has 5 nitrogen and oxygen atoms in total. The lowest BCUT2D eigenvalue weighted by atomic mass is 10.2. The average Bonchev–Trinajstić information content (AvgIpc) is 2.24. The molecule has 0 aliphatic rings. The van der Waals surface area contributed by atoms with Crippen molar-refractivity contribution in [1.29, 1.82) is 0 Å². The summed E-state index contributed by atoms with van der Waals surface area (Å²) in [4.78, 5) is 11.3. The Bertz CT molecular complexity index is 185. The van der Waals surface area contributed by atoms with Crippen LogP contribution in [0.5, 0.6) is 0 Å². The quantitative estimate of drug-likeness (QED) is 0.465. The zero-order valence-corrected chi connectivity index (χ0v) is 10.4. The van der Waals surface area contributed by atoms with E-state index in [2.05, 4.69) is 13.8 Å². The number of esters is 1. The van der Waals surface area contributed by atoms with Crippen molar-refractivity contribution < 1.29 is 19.0 Å². The van der Waals surface area contributed by atoms with E-state index in [9.17, 15) is 4.79 Å². The van der Waals surface area contributed by atoms with Crippen LogP contribution in [0.15, 0.2) is 0 Å². The maximum atomic E-state index is 11.3. The number of hydrogen-bond donors (Lipinski definition) is 1. The molecular formula is C11H23NO4. The first-order chi connectivity index (χ1) is 7.57. The van der Waals surface area contributed by atoms with Crippen molar-refractivity contribution in [2.75, 3.05) is 33.5 Å². The van der Waals surface area contributed by atoms with Crippen molar-refractivity contribution in [1.82, 2.24) is 0 Å². The summed E-state index contributed by atoms with van der Waals surface area (Å²) in [5.41, 5.74) is 5.57. The molecule has 0 aromatic carbocycles. The Hall–Kier alpha value is -0.650. The average molecular weight is 233 g/mol. The topological polar surface area (TPSA) is 70.8 Å². The molecule has 0 aromatic heterocycles. The van der Waals surface area contributed by atoms with Gasteiger partial charge >= 0.3 is 5.97 Å². The normalized spacial score (nSPS) is 12.8. The second kappa shape index (κ2) is 9.57. The van der Waals surface area contributed by atoms with Crippen LogP contribution in [-0.2, 0) is 19.0 Å². The fraction of sp³-hybridized carbons (Fsp3) is 0.909. The van der Waals surface area contributed by atoms with Crippen LogP contribution < -0.4 is 5.73 Å². The number of carbonyl (C=O) groups is 1. The van der Waals surface area contributed by atoms with Gasteiger partial charge in [-0.1, -0.05) is 13.8 Å². The van der Waals surface area contributed by atoms with Crippen LogP contribution in [0.25, 0.3) is 0 Å². The van der Waals surface area contributed by atoms with E-state index < -0.39 is 12.0 Å². The Morgan fingerprint density at radius 3 is 2.50 bits per heavy atom. The molecule has 1 unspecified atom stereocenters. The van der Waals surface area contributed by atoms with Gasteiger partial charge in [0.2, 0.25) is 0 Å². The third kappa shape index (κ3) is 8.64. The van der Waals surface area contributed by atoms with E-state index in [1.165, 1.54) is 0 Å². The Morgan fingerprint density at radius 2 is 1.94 bits per heavy atom. The van der Waals surface area contributed by atoms with Crippen LogP contribution in [0.1, 0.15) is 20.3 Å². The van der Waals surface area contributed by atoms with Crippen molar-refractivity contribution in [3.05, 3.63) is 0 Å². The molecule has 1 atom stereocenters. The van der Waals surface area contributed by atoms with Gasteiger partial charge in [-0.3, -0.25) is 4.79 Å². The molecule has 16 heavy (non-hydrogen) atoms. The summed E-state index contributed by atoms with van der Waals surface area (Å²) in [5, 5.41) is 0. The van der Waals surface area contributed by atoms with Gasteiger partial charge in [-0.25, -0.2) is 0 Å². The highest BCUT2D eigenvalue weighted by molar-refractivity contribution is 5.75. The van der Waals surface area contributed by atoms with Gasteiger partial charge in [0, 0.05) is 20.3 Å². The number of ether oxygens (including phenoxy) is 3. The Morgan fingerprint density at radius 1 is 1.25 bits per heavy atom. The molecule has 0 aliphatic heterocycles. The second-order valence-corrected chi connectivity index (χ2v) is 4.02. The van der Waals surface area contributed by atoms with Gasteiger partial charge in [-0.15, -0.1) is 0 Å². The number of hydrogen-bond acceptors (Lipinski definition) is 5. The summed E-state index contributed by atoms with van der Waals surface area (Å²) in [6.45, 7) is 5.93. The van der Waals surface area contributed by atoms with E-state index in [4.69, 9.17) is 19.9 Å². The maximum absolute atomic E-state index is 11.3. The number of carbonyl (C=O) groups excluding carboxylic acids is 1. The van der Waals surface area contributed by atoms with Crippen LogP contribution in [-0.4, -0.2) is 45.5 Å². The highest BCUT2D eigenvalue weighted by atomic mass is 16.6. The van der Waals surface area contributed by atoms with E-state index in [0.29, 0.717) is 32.2 Å². The second-order valence-electron chi connectivity index (χ2n) is 4.02. The van der Waals surface area contributed by atoms with Gasteiger partial charge in [-0.05, 0) is 12.3 Å². The lowest BCUT2D eigenvalue weighted by molar-refractivity contribution is -0.147. The molecule has 0 saturated carbocycles. The van der Waals surface area contributed by atoms with Crippen molar-refractivity contribution in [3.63, 3.8) is 0 Å². The van der Waals surface area contributed by atoms with Gasteiger partial charge < -0.3 is 19.9 Å². The minimum atomic E-state index is -0.606. The number of rotatable bonds is 9. The predicted molar refractivity (Wildman–Crippen MR) is 61.1 cm³/mol. The van der Waals surface area contributed by atoms with E-state index >= 15 is 0 Å². The minimum absolute atomic E-state index is 0.256. The van der Waals surface area contributed by atoms with Crippen molar-refractivity contribution in [2.45, 2.75) is 26.3 Å². The fourth-order valence-electron chi connectivity index (χ4n) is 0.990. The van der Waals surface area contributed by atoms with Gasteiger partial charge in [0.1, 0.15) is 12.6 Å². The van der Waals surface area contributed by atoms with Gasteiger partial charge in [0.25, 0.3) is 0 Å². The molecule has 0 saturated heterocycles. The first-order valence-electron chi connectivity index (χ1n) is 5.56. The number of nitrogens with two attached hydrogens (primary N) is 1. The highest BCUT2D eigenvalue weighted by Crippen LogP contribution is 1.95. The lowest BCUT2D eigenvalue weighted by Gasteiger charge is -2.11. The third-order valence-corrected chi connectivity index (χ3v) is 1.86. The van der Waals surface area contributed by atoms with E-state index in [1.807, 2.05) is 0 Å². The molecule has 0 radical (unpaired) electrons. The van der Waals surface area contributed by atoms with Gasteiger partial charge in [0.05, 0.1) is 6.61 Å². The third-order valence-electron chi connectivity index (χ3n) is 1.86. The van der Waals surface area contributed by atoms with Crippen LogP contribution in [0, 0.1) is 5.92 Å². The van der Waals surface area contributed by atoms with Crippen LogP contribution in [0.4, 0.5) is 0 Å². The summed E-state index contributed by atoms with van der Waals surface area (Å²) in [6, 6.07) is -0.606. The van der Waals surface area contributed by atoms with E-state index in [0.717, 1.165) is 0 Å². The van der Waals surface area contributed by atoms with Crippen LogP contribution in [0.3, 0.4) is 0 Å². The monoisotopic (exact) mass is 233 g/mol. The van der Waals surface area contributed by atoms with Crippen molar-refractivity contribution >= 4 is 5.97 Å². The molecular weight excluding hydrogens is 210 g/mol. The van der Waals surface area contributed by atoms with Gasteiger partial charge in [0.15, 0.2) is 0 Å². The summed E-state index contributed by atoms with van der Waals surface area (Å²) < 4.78 is 15.0.